The summed E-state index contributed by atoms with van der Waals surface area (Å²) in [5, 5.41) is 11.7. The standard InChI is InChI=1S/C21H24N4O/c1-16-4-3-5-20(17(16)2)25-12-10-24(11-13-25)15-21(26)23-19-8-6-18(14-22)7-9-19/h3-9H,10-13,15H2,1-2H3,(H,23,26)/p+1. The molecule has 0 radical (unpaired) electrons. The van der Waals surface area contributed by atoms with Crippen LogP contribution in [-0.2, 0) is 4.79 Å². The lowest BCUT2D eigenvalue weighted by Crippen LogP contribution is -3.15. The molecule has 0 unspecified atom stereocenters. The third-order valence-electron chi connectivity index (χ3n) is 5.10. The van der Waals surface area contributed by atoms with E-state index in [1.54, 1.807) is 24.3 Å². The fourth-order valence-electron chi connectivity index (χ4n) is 3.38. The van der Waals surface area contributed by atoms with Crippen molar-refractivity contribution in [2.24, 2.45) is 0 Å². The molecule has 2 aromatic rings. The van der Waals surface area contributed by atoms with Gasteiger partial charge in [0.05, 0.1) is 37.8 Å². The van der Waals surface area contributed by atoms with Crippen molar-refractivity contribution >= 4 is 17.3 Å². The van der Waals surface area contributed by atoms with Gasteiger partial charge in [0.25, 0.3) is 5.91 Å². The predicted octanol–water partition coefficient (Wildman–Crippen LogP) is 1.52. The Balaban J connectivity index is 1.51. The Morgan fingerprint density at radius 1 is 1.15 bits per heavy atom. The van der Waals surface area contributed by atoms with Crippen LogP contribution in [0.1, 0.15) is 16.7 Å². The highest BCUT2D eigenvalue weighted by molar-refractivity contribution is 5.91. The molecule has 1 saturated heterocycles. The molecule has 0 saturated carbocycles. The molecule has 1 amide bonds. The van der Waals surface area contributed by atoms with Crippen LogP contribution in [0.5, 0.6) is 0 Å². The van der Waals surface area contributed by atoms with E-state index in [1.807, 2.05) is 0 Å². The molecule has 134 valence electrons. The molecule has 2 aromatic carbocycles. The summed E-state index contributed by atoms with van der Waals surface area (Å²) in [4.78, 5) is 16.0. The number of carbonyl (C=O) groups is 1. The second-order valence-electron chi connectivity index (χ2n) is 6.87. The maximum Gasteiger partial charge on any atom is 0.279 e. The van der Waals surface area contributed by atoms with Crippen LogP contribution >= 0.6 is 0 Å². The van der Waals surface area contributed by atoms with E-state index in [0.717, 1.165) is 31.9 Å². The Morgan fingerprint density at radius 2 is 1.85 bits per heavy atom. The number of benzene rings is 2. The third kappa shape index (κ3) is 4.22. The number of quaternary nitrogens is 1. The van der Waals surface area contributed by atoms with Gasteiger partial charge in [0.2, 0.25) is 0 Å². The van der Waals surface area contributed by atoms with Crippen molar-refractivity contribution < 1.29 is 9.69 Å². The van der Waals surface area contributed by atoms with Gasteiger partial charge in [-0.15, -0.1) is 0 Å². The van der Waals surface area contributed by atoms with Gasteiger partial charge in [0.1, 0.15) is 0 Å². The Labute approximate surface area is 154 Å². The number of amides is 1. The highest BCUT2D eigenvalue weighted by atomic mass is 16.2. The van der Waals surface area contributed by atoms with Crippen molar-refractivity contribution in [2.45, 2.75) is 13.8 Å². The average molecular weight is 349 g/mol. The number of carbonyl (C=O) groups excluding carboxylic acids is 1. The van der Waals surface area contributed by atoms with Crippen molar-refractivity contribution in [3.8, 4) is 6.07 Å². The summed E-state index contributed by atoms with van der Waals surface area (Å²) in [7, 11) is 0. The zero-order valence-electron chi connectivity index (χ0n) is 15.4. The van der Waals surface area contributed by atoms with Gasteiger partial charge < -0.3 is 15.1 Å². The monoisotopic (exact) mass is 349 g/mol. The lowest BCUT2D eigenvalue weighted by atomic mass is 10.1. The number of nitrogens with one attached hydrogen (secondary N) is 2. The first kappa shape index (κ1) is 18.0. The minimum absolute atomic E-state index is 0.0184. The second kappa shape index (κ2) is 8.03. The second-order valence-corrected chi connectivity index (χ2v) is 6.87. The Hall–Kier alpha value is -2.84. The third-order valence-corrected chi connectivity index (χ3v) is 5.10. The van der Waals surface area contributed by atoms with Gasteiger partial charge in [-0.2, -0.15) is 5.26 Å². The molecule has 1 aliphatic rings. The van der Waals surface area contributed by atoms with E-state index in [9.17, 15) is 4.79 Å². The smallest absolute Gasteiger partial charge is 0.279 e. The molecule has 5 heteroatoms. The summed E-state index contributed by atoms with van der Waals surface area (Å²) in [6.45, 7) is 8.62. The fraction of sp³-hybridized carbons (Fsp3) is 0.333. The van der Waals surface area contributed by atoms with E-state index in [2.05, 4.69) is 48.3 Å². The van der Waals surface area contributed by atoms with Crippen molar-refractivity contribution in [3.63, 3.8) is 0 Å². The van der Waals surface area contributed by atoms with Gasteiger partial charge in [-0.3, -0.25) is 4.79 Å². The summed E-state index contributed by atoms with van der Waals surface area (Å²) in [6.07, 6.45) is 0. The molecule has 26 heavy (non-hydrogen) atoms. The van der Waals surface area contributed by atoms with Crippen molar-refractivity contribution in [3.05, 3.63) is 59.2 Å². The van der Waals surface area contributed by atoms with Crippen LogP contribution in [0, 0.1) is 25.2 Å². The van der Waals surface area contributed by atoms with Crippen molar-refractivity contribution in [1.29, 1.82) is 5.26 Å². The van der Waals surface area contributed by atoms with Crippen LogP contribution in [0.15, 0.2) is 42.5 Å². The quantitative estimate of drug-likeness (QED) is 0.880. The maximum absolute atomic E-state index is 12.3. The zero-order valence-corrected chi connectivity index (χ0v) is 15.4. The Morgan fingerprint density at radius 3 is 2.50 bits per heavy atom. The zero-order chi connectivity index (χ0) is 18.5. The molecule has 3 rings (SSSR count). The summed E-state index contributed by atoms with van der Waals surface area (Å²) in [5.41, 5.74) is 5.30. The number of aryl methyl sites for hydroxylation is 1. The molecule has 1 fully saturated rings. The molecular weight excluding hydrogens is 324 g/mol. The number of hydrogen-bond acceptors (Lipinski definition) is 3. The van der Waals surface area contributed by atoms with E-state index in [1.165, 1.54) is 21.7 Å². The molecule has 1 heterocycles. The van der Waals surface area contributed by atoms with Crippen LogP contribution in [0.25, 0.3) is 0 Å². The summed E-state index contributed by atoms with van der Waals surface area (Å²) < 4.78 is 0. The largest absolute Gasteiger partial charge is 0.360 e. The van der Waals surface area contributed by atoms with Crippen molar-refractivity contribution in [1.82, 2.24) is 0 Å². The number of anilines is 2. The van der Waals surface area contributed by atoms with E-state index < -0.39 is 0 Å². The van der Waals surface area contributed by atoms with Gasteiger partial charge in [-0.1, -0.05) is 12.1 Å². The first-order chi connectivity index (χ1) is 12.6. The van der Waals surface area contributed by atoms with Gasteiger partial charge in [0.15, 0.2) is 6.54 Å². The summed E-state index contributed by atoms with van der Waals surface area (Å²) in [5.74, 6) is 0.0184. The molecular formula is C21H25N4O+. The topological polar surface area (TPSA) is 60.6 Å². The lowest BCUT2D eigenvalue weighted by molar-refractivity contribution is -0.892. The number of nitrogens with zero attached hydrogens (tertiary/aromatic N) is 2. The first-order valence-corrected chi connectivity index (χ1v) is 9.01. The summed E-state index contributed by atoms with van der Waals surface area (Å²) in [6, 6.07) is 15.5. The minimum Gasteiger partial charge on any atom is -0.360 e. The number of rotatable bonds is 4. The van der Waals surface area contributed by atoms with E-state index in [0.29, 0.717) is 12.1 Å². The number of nitriles is 1. The van der Waals surface area contributed by atoms with Crippen LogP contribution < -0.4 is 15.1 Å². The van der Waals surface area contributed by atoms with E-state index in [-0.39, 0.29) is 5.91 Å². The first-order valence-electron chi connectivity index (χ1n) is 9.01. The van der Waals surface area contributed by atoms with Crippen LogP contribution in [0.3, 0.4) is 0 Å². The van der Waals surface area contributed by atoms with E-state index >= 15 is 0 Å². The molecule has 2 N–H and O–H groups in total. The number of piperazine rings is 1. The van der Waals surface area contributed by atoms with E-state index in [4.69, 9.17) is 5.26 Å². The number of hydrogen-bond donors (Lipinski definition) is 2. The Kier molecular flexibility index (Phi) is 5.55. The molecule has 0 aromatic heterocycles. The molecule has 0 bridgehead atoms. The molecule has 1 aliphatic heterocycles. The normalized spacial score (nSPS) is 14.7. The van der Waals surface area contributed by atoms with Gasteiger partial charge in [-0.05, 0) is 55.3 Å². The average Bonchev–Trinajstić information content (AvgIpc) is 2.65. The SMILES string of the molecule is Cc1cccc(N2CC[NH+](CC(=O)Nc3ccc(C#N)cc3)CC2)c1C. The van der Waals surface area contributed by atoms with Gasteiger partial charge in [0, 0.05) is 11.4 Å². The molecule has 0 atom stereocenters. The van der Waals surface area contributed by atoms with Gasteiger partial charge >= 0.3 is 0 Å². The van der Waals surface area contributed by atoms with Crippen LogP contribution in [0.2, 0.25) is 0 Å². The molecule has 5 nitrogen and oxygen atoms in total. The highest BCUT2D eigenvalue weighted by Gasteiger charge is 2.23. The fourth-order valence-corrected chi connectivity index (χ4v) is 3.38. The molecule has 0 aliphatic carbocycles. The Bertz CT molecular complexity index is 815. The van der Waals surface area contributed by atoms with Gasteiger partial charge in [-0.25, -0.2) is 0 Å². The highest BCUT2D eigenvalue weighted by Crippen LogP contribution is 2.22. The lowest BCUT2D eigenvalue weighted by Gasteiger charge is -2.34. The van der Waals surface area contributed by atoms with Crippen molar-refractivity contribution in [2.75, 3.05) is 42.9 Å². The van der Waals surface area contributed by atoms with Crippen LogP contribution in [-0.4, -0.2) is 38.6 Å². The summed E-state index contributed by atoms with van der Waals surface area (Å²) >= 11 is 0. The minimum atomic E-state index is 0.0184. The predicted molar refractivity (Wildman–Crippen MR) is 103 cm³/mol. The van der Waals surface area contributed by atoms with Crippen LogP contribution in [0.4, 0.5) is 11.4 Å². The maximum atomic E-state index is 12.3. The molecule has 0 spiro atoms.